The van der Waals surface area contributed by atoms with Crippen molar-refractivity contribution in [3.05, 3.63) is 82.9 Å². The molecule has 40 heavy (non-hydrogen) atoms. The van der Waals surface area contributed by atoms with Gasteiger partial charge >= 0.3 is 0 Å². The molecular weight excluding hydrogens is 510 g/mol. The lowest BCUT2D eigenvalue weighted by Gasteiger charge is -2.26. The SMILES string of the molecule is CCOc1ccc(N2C(=O)C(=O)/C(=C(/O)c3ccc(OC)c(C(C)(C)C)c3)C2c2ccc(OC)c(OC)c2)cc1. The van der Waals surface area contributed by atoms with Crippen molar-refractivity contribution in [2.45, 2.75) is 39.2 Å². The lowest BCUT2D eigenvalue weighted by Crippen LogP contribution is -2.29. The highest BCUT2D eigenvalue weighted by molar-refractivity contribution is 6.51. The zero-order valence-electron chi connectivity index (χ0n) is 23.9. The Hall–Kier alpha value is -4.46. The average Bonchev–Trinajstić information content (AvgIpc) is 3.21. The van der Waals surface area contributed by atoms with Crippen molar-refractivity contribution < 1.29 is 33.6 Å². The van der Waals surface area contributed by atoms with Crippen molar-refractivity contribution >= 4 is 23.1 Å². The number of aliphatic hydroxyl groups excluding tert-OH is 1. The van der Waals surface area contributed by atoms with Crippen LogP contribution in [0.15, 0.2) is 66.2 Å². The largest absolute Gasteiger partial charge is 0.507 e. The molecule has 1 aliphatic rings. The molecule has 0 spiro atoms. The summed E-state index contributed by atoms with van der Waals surface area (Å²) in [5.74, 6) is 0.397. The number of benzene rings is 3. The summed E-state index contributed by atoms with van der Waals surface area (Å²) in [6.07, 6.45) is 0. The van der Waals surface area contributed by atoms with Gasteiger partial charge < -0.3 is 24.1 Å². The van der Waals surface area contributed by atoms with Gasteiger partial charge in [-0.05, 0) is 72.5 Å². The normalized spacial score (nSPS) is 16.7. The first kappa shape index (κ1) is 28.5. The highest BCUT2D eigenvalue weighted by atomic mass is 16.5. The van der Waals surface area contributed by atoms with Gasteiger partial charge in [0.15, 0.2) is 11.5 Å². The molecule has 8 nitrogen and oxygen atoms in total. The summed E-state index contributed by atoms with van der Waals surface area (Å²) < 4.78 is 22.0. The Kier molecular flexibility index (Phi) is 8.09. The molecule has 0 aromatic heterocycles. The number of rotatable bonds is 8. The molecule has 3 aromatic carbocycles. The molecule has 1 saturated heterocycles. The van der Waals surface area contributed by atoms with Crippen LogP contribution in [0.25, 0.3) is 5.76 Å². The summed E-state index contributed by atoms with van der Waals surface area (Å²) >= 11 is 0. The number of carbonyl (C=O) groups is 2. The molecule has 1 heterocycles. The number of carbonyl (C=O) groups excluding carboxylic acids is 2. The highest BCUT2D eigenvalue weighted by Crippen LogP contribution is 2.45. The van der Waals surface area contributed by atoms with Crippen molar-refractivity contribution in [2.24, 2.45) is 0 Å². The first-order chi connectivity index (χ1) is 19.0. The van der Waals surface area contributed by atoms with Crippen LogP contribution < -0.4 is 23.8 Å². The van der Waals surface area contributed by atoms with Crippen molar-refractivity contribution in [2.75, 3.05) is 32.8 Å². The van der Waals surface area contributed by atoms with E-state index in [0.717, 1.165) is 5.56 Å². The van der Waals surface area contributed by atoms with E-state index in [2.05, 4.69) is 0 Å². The Labute approximate surface area is 234 Å². The Morgan fingerprint density at radius 2 is 1.48 bits per heavy atom. The summed E-state index contributed by atoms with van der Waals surface area (Å²) in [4.78, 5) is 28.6. The van der Waals surface area contributed by atoms with E-state index in [-0.39, 0.29) is 16.7 Å². The first-order valence-corrected chi connectivity index (χ1v) is 13.0. The Morgan fingerprint density at radius 3 is 2.05 bits per heavy atom. The van der Waals surface area contributed by atoms with Crippen LogP contribution in [0.1, 0.15) is 50.4 Å². The fraction of sp³-hybridized carbons (Fsp3) is 0.312. The number of ether oxygens (including phenoxy) is 4. The molecule has 0 saturated carbocycles. The standard InChI is InChI=1S/C32H35NO7/c1-8-40-22-13-11-21(12-14-22)33-28(19-9-16-25(38-6)26(18-19)39-7)27(30(35)31(33)36)29(34)20-10-15-24(37-5)23(17-20)32(2,3)4/h9-18,28,34H,8H2,1-7H3/b29-27+. The van der Waals surface area contributed by atoms with Gasteiger partial charge in [-0.2, -0.15) is 0 Å². The number of hydrogen-bond acceptors (Lipinski definition) is 7. The van der Waals surface area contributed by atoms with Crippen LogP contribution in [0.2, 0.25) is 0 Å². The Bertz CT molecular complexity index is 1450. The van der Waals surface area contributed by atoms with Crippen LogP contribution in [0.4, 0.5) is 5.69 Å². The van der Waals surface area contributed by atoms with Gasteiger partial charge in [0.2, 0.25) is 0 Å². The van der Waals surface area contributed by atoms with Crippen molar-refractivity contribution in [3.63, 3.8) is 0 Å². The third kappa shape index (κ3) is 5.21. The molecule has 1 atom stereocenters. The van der Waals surface area contributed by atoms with E-state index in [4.69, 9.17) is 18.9 Å². The third-order valence-electron chi connectivity index (χ3n) is 6.87. The zero-order chi connectivity index (χ0) is 29.2. The second-order valence-corrected chi connectivity index (χ2v) is 10.4. The summed E-state index contributed by atoms with van der Waals surface area (Å²) in [5, 5.41) is 11.7. The van der Waals surface area contributed by atoms with E-state index < -0.39 is 17.7 Å². The van der Waals surface area contributed by atoms with Gasteiger partial charge in [0.25, 0.3) is 11.7 Å². The molecule has 3 aromatic rings. The zero-order valence-corrected chi connectivity index (χ0v) is 23.9. The van der Waals surface area contributed by atoms with Gasteiger partial charge in [-0.3, -0.25) is 14.5 Å². The fourth-order valence-corrected chi connectivity index (χ4v) is 4.90. The minimum absolute atomic E-state index is 0.0314. The van der Waals surface area contributed by atoms with Crippen LogP contribution in [0.3, 0.4) is 0 Å². The van der Waals surface area contributed by atoms with Gasteiger partial charge in [0.05, 0.1) is 39.6 Å². The van der Waals surface area contributed by atoms with E-state index >= 15 is 0 Å². The number of hydrogen-bond donors (Lipinski definition) is 1. The molecule has 1 aliphatic heterocycles. The van der Waals surface area contributed by atoms with Crippen molar-refractivity contribution in [3.8, 4) is 23.0 Å². The summed E-state index contributed by atoms with van der Waals surface area (Å²) in [6, 6.07) is 16.4. The van der Waals surface area contributed by atoms with Gasteiger partial charge in [0.1, 0.15) is 17.3 Å². The van der Waals surface area contributed by atoms with Gasteiger partial charge in [0, 0.05) is 16.8 Å². The van der Waals surface area contributed by atoms with Crippen molar-refractivity contribution in [1.29, 1.82) is 0 Å². The van der Waals surface area contributed by atoms with Gasteiger partial charge in [-0.25, -0.2) is 0 Å². The van der Waals surface area contributed by atoms with Crippen LogP contribution in [-0.2, 0) is 15.0 Å². The second-order valence-electron chi connectivity index (χ2n) is 10.4. The summed E-state index contributed by atoms with van der Waals surface area (Å²) in [7, 11) is 4.62. The number of methoxy groups -OCH3 is 3. The topological polar surface area (TPSA) is 94.5 Å². The number of nitrogens with zero attached hydrogens (tertiary/aromatic N) is 1. The van der Waals surface area contributed by atoms with E-state index in [1.807, 2.05) is 27.7 Å². The third-order valence-corrected chi connectivity index (χ3v) is 6.87. The minimum Gasteiger partial charge on any atom is -0.507 e. The lowest BCUT2D eigenvalue weighted by molar-refractivity contribution is -0.132. The van der Waals surface area contributed by atoms with E-state index in [9.17, 15) is 14.7 Å². The second kappa shape index (κ2) is 11.3. The number of ketones is 1. The first-order valence-electron chi connectivity index (χ1n) is 13.0. The Morgan fingerprint density at radius 1 is 0.850 bits per heavy atom. The van der Waals surface area contributed by atoms with E-state index in [1.165, 1.54) is 19.1 Å². The Balaban J connectivity index is 1.96. The number of anilines is 1. The molecule has 1 amide bonds. The smallest absolute Gasteiger partial charge is 0.300 e. The van der Waals surface area contributed by atoms with E-state index in [0.29, 0.717) is 46.4 Å². The van der Waals surface area contributed by atoms with Gasteiger partial charge in [-0.1, -0.05) is 26.8 Å². The predicted octanol–water partition coefficient (Wildman–Crippen LogP) is 6.03. The molecule has 1 N–H and O–H groups in total. The van der Waals surface area contributed by atoms with Crippen molar-refractivity contribution in [1.82, 2.24) is 0 Å². The number of Topliss-reactive ketones (excluding diaryl/α,β-unsaturated/α-hetero) is 1. The highest BCUT2D eigenvalue weighted by Gasteiger charge is 2.47. The van der Waals surface area contributed by atoms with Gasteiger partial charge in [-0.15, -0.1) is 0 Å². The molecule has 1 unspecified atom stereocenters. The maximum atomic E-state index is 13.6. The monoisotopic (exact) mass is 545 g/mol. The van der Waals surface area contributed by atoms with Crippen LogP contribution in [0, 0.1) is 0 Å². The maximum absolute atomic E-state index is 13.6. The van der Waals surface area contributed by atoms with E-state index in [1.54, 1.807) is 67.8 Å². The number of aliphatic hydroxyl groups is 1. The minimum atomic E-state index is -0.932. The predicted molar refractivity (Wildman–Crippen MR) is 154 cm³/mol. The summed E-state index contributed by atoms with van der Waals surface area (Å²) in [6.45, 7) is 8.47. The molecule has 8 heteroatoms. The molecule has 4 rings (SSSR count). The fourth-order valence-electron chi connectivity index (χ4n) is 4.90. The molecule has 210 valence electrons. The maximum Gasteiger partial charge on any atom is 0.300 e. The van der Waals surface area contributed by atoms with Crippen LogP contribution in [0.5, 0.6) is 23.0 Å². The lowest BCUT2D eigenvalue weighted by atomic mass is 9.84. The molecule has 1 fully saturated rings. The molecule has 0 aliphatic carbocycles. The number of amides is 1. The molecule has 0 radical (unpaired) electrons. The average molecular weight is 546 g/mol. The quantitative estimate of drug-likeness (QED) is 0.210. The van der Waals surface area contributed by atoms with Crippen LogP contribution >= 0.6 is 0 Å². The molecular formula is C32H35NO7. The molecule has 0 bridgehead atoms. The summed E-state index contributed by atoms with van der Waals surface area (Å²) in [5.41, 5.74) is 1.96. The van der Waals surface area contributed by atoms with Crippen LogP contribution in [-0.4, -0.2) is 44.7 Å².